The second-order valence-corrected chi connectivity index (χ2v) is 6.69. The Hall–Kier alpha value is -3.02. The van der Waals surface area contributed by atoms with Crippen LogP contribution in [-0.2, 0) is 0 Å². The maximum Gasteiger partial charge on any atom is 0.255 e. The molecule has 0 unspecified atom stereocenters. The number of carbonyl (C=O) groups is 2. The minimum Gasteiger partial charge on any atom is -0.378 e. The fourth-order valence-electron chi connectivity index (χ4n) is 3.14. The van der Waals surface area contributed by atoms with Gasteiger partial charge in [0.15, 0.2) is 0 Å². The summed E-state index contributed by atoms with van der Waals surface area (Å²) in [5.74, 6) is -0.723. The van der Waals surface area contributed by atoms with Crippen molar-refractivity contribution in [3.05, 3.63) is 53.6 Å². The molecule has 2 amide bonds. The van der Waals surface area contributed by atoms with Crippen molar-refractivity contribution in [2.45, 2.75) is 12.8 Å². The van der Waals surface area contributed by atoms with Crippen LogP contribution in [0.2, 0.25) is 0 Å². The summed E-state index contributed by atoms with van der Waals surface area (Å²) in [5.41, 5.74) is 8.84. The number of primary amides is 1. The lowest BCUT2D eigenvalue weighted by atomic mass is 10.1. The molecular formula is C20H24N4O2. The van der Waals surface area contributed by atoms with Gasteiger partial charge < -0.3 is 20.9 Å². The molecule has 0 spiro atoms. The monoisotopic (exact) mass is 352 g/mol. The summed E-state index contributed by atoms with van der Waals surface area (Å²) in [4.78, 5) is 28.5. The third-order valence-electron chi connectivity index (χ3n) is 4.60. The molecule has 1 saturated heterocycles. The van der Waals surface area contributed by atoms with Crippen molar-refractivity contribution < 1.29 is 9.59 Å². The molecule has 1 aliphatic heterocycles. The zero-order valence-corrected chi connectivity index (χ0v) is 15.2. The van der Waals surface area contributed by atoms with Crippen molar-refractivity contribution >= 4 is 28.9 Å². The predicted molar refractivity (Wildman–Crippen MR) is 105 cm³/mol. The molecule has 3 N–H and O–H groups in total. The Morgan fingerprint density at radius 2 is 1.77 bits per heavy atom. The average molecular weight is 352 g/mol. The van der Waals surface area contributed by atoms with Gasteiger partial charge in [0.05, 0.1) is 11.4 Å². The summed E-state index contributed by atoms with van der Waals surface area (Å²) in [6, 6.07) is 12.6. The Morgan fingerprint density at radius 1 is 1.04 bits per heavy atom. The molecule has 0 saturated carbocycles. The molecule has 1 heterocycles. The van der Waals surface area contributed by atoms with Gasteiger partial charge in [0, 0.05) is 44.0 Å². The average Bonchev–Trinajstić information content (AvgIpc) is 3.16. The fourth-order valence-corrected chi connectivity index (χ4v) is 3.14. The van der Waals surface area contributed by atoms with E-state index in [1.54, 1.807) is 18.2 Å². The van der Waals surface area contributed by atoms with Crippen LogP contribution >= 0.6 is 0 Å². The van der Waals surface area contributed by atoms with Gasteiger partial charge in [-0.25, -0.2) is 0 Å². The van der Waals surface area contributed by atoms with Crippen LogP contribution in [0.15, 0.2) is 42.5 Å². The summed E-state index contributed by atoms with van der Waals surface area (Å²) in [7, 11) is 3.86. The second-order valence-electron chi connectivity index (χ2n) is 6.69. The molecule has 26 heavy (non-hydrogen) atoms. The van der Waals surface area contributed by atoms with E-state index in [4.69, 9.17) is 5.73 Å². The number of hydrogen-bond donors (Lipinski definition) is 2. The Balaban J connectivity index is 1.91. The number of rotatable bonds is 5. The number of amides is 2. The summed E-state index contributed by atoms with van der Waals surface area (Å²) in [5, 5.41) is 2.96. The molecule has 0 aliphatic carbocycles. The van der Waals surface area contributed by atoms with Crippen molar-refractivity contribution in [3.63, 3.8) is 0 Å². The van der Waals surface area contributed by atoms with Gasteiger partial charge in [-0.3, -0.25) is 9.59 Å². The van der Waals surface area contributed by atoms with Crippen LogP contribution in [0.5, 0.6) is 0 Å². The maximum absolute atomic E-state index is 12.8. The Kier molecular flexibility index (Phi) is 5.11. The third kappa shape index (κ3) is 3.79. The third-order valence-corrected chi connectivity index (χ3v) is 4.60. The summed E-state index contributed by atoms with van der Waals surface area (Å²) < 4.78 is 0. The maximum atomic E-state index is 12.8. The van der Waals surface area contributed by atoms with E-state index in [0.29, 0.717) is 16.8 Å². The minimum absolute atomic E-state index is 0.212. The normalized spacial score (nSPS) is 13.5. The molecule has 136 valence electrons. The lowest BCUT2D eigenvalue weighted by Gasteiger charge is -2.22. The largest absolute Gasteiger partial charge is 0.378 e. The van der Waals surface area contributed by atoms with Crippen molar-refractivity contribution in [1.29, 1.82) is 0 Å². The van der Waals surface area contributed by atoms with E-state index in [2.05, 4.69) is 10.2 Å². The lowest BCUT2D eigenvalue weighted by molar-refractivity contribution is 0.0996. The van der Waals surface area contributed by atoms with E-state index in [9.17, 15) is 9.59 Å². The van der Waals surface area contributed by atoms with Gasteiger partial charge in [-0.05, 0) is 49.2 Å². The highest BCUT2D eigenvalue weighted by molar-refractivity contribution is 6.07. The Labute approximate surface area is 153 Å². The van der Waals surface area contributed by atoms with Crippen molar-refractivity contribution in [2.24, 2.45) is 5.73 Å². The molecular weight excluding hydrogens is 328 g/mol. The number of nitrogens with zero attached hydrogens (tertiary/aromatic N) is 2. The second kappa shape index (κ2) is 7.47. The molecule has 2 aromatic carbocycles. The summed E-state index contributed by atoms with van der Waals surface area (Å²) >= 11 is 0. The first-order chi connectivity index (χ1) is 12.5. The highest BCUT2D eigenvalue weighted by atomic mass is 16.2. The van der Waals surface area contributed by atoms with Crippen LogP contribution in [0.1, 0.15) is 33.6 Å². The van der Waals surface area contributed by atoms with Gasteiger partial charge in [-0.1, -0.05) is 6.07 Å². The first-order valence-corrected chi connectivity index (χ1v) is 8.73. The molecule has 0 bridgehead atoms. The zero-order valence-electron chi connectivity index (χ0n) is 15.2. The molecule has 6 heteroatoms. The quantitative estimate of drug-likeness (QED) is 0.867. The molecule has 2 aromatic rings. The summed E-state index contributed by atoms with van der Waals surface area (Å²) in [6.07, 6.45) is 2.24. The van der Waals surface area contributed by atoms with Gasteiger partial charge in [0.1, 0.15) is 0 Å². The van der Waals surface area contributed by atoms with Crippen LogP contribution in [0, 0.1) is 0 Å². The summed E-state index contributed by atoms with van der Waals surface area (Å²) in [6.45, 7) is 1.88. The van der Waals surface area contributed by atoms with Crippen LogP contribution < -0.4 is 20.9 Å². The number of nitrogens with two attached hydrogens (primary N) is 1. The zero-order chi connectivity index (χ0) is 18.7. The number of nitrogens with one attached hydrogen (secondary N) is 1. The topological polar surface area (TPSA) is 78.7 Å². The first-order valence-electron chi connectivity index (χ1n) is 8.73. The molecule has 1 aliphatic rings. The van der Waals surface area contributed by atoms with E-state index in [-0.39, 0.29) is 5.91 Å². The Bertz CT molecular complexity index is 826. The van der Waals surface area contributed by atoms with E-state index in [1.807, 2.05) is 43.3 Å². The number of anilines is 3. The molecule has 0 atom stereocenters. The van der Waals surface area contributed by atoms with E-state index in [0.717, 1.165) is 37.3 Å². The number of carbonyl (C=O) groups excluding carboxylic acids is 2. The fraction of sp³-hybridized carbons (Fsp3) is 0.300. The van der Waals surface area contributed by atoms with Crippen LogP contribution in [0.25, 0.3) is 0 Å². The Morgan fingerprint density at radius 3 is 2.42 bits per heavy atom. The molecule has 0 aromatic heterocycles. The molecule has 0 radical (unpaired) electrons. The highest BCUT2D eigenvalue weighted by Crippen LogP contribution is 2.30. The number of benzene rings is 2. The predicted octanol–water partition coefficient (Wildman–Crippen LogP) is 2.70. The minimum atomic E-state index is -0.511. The smallest absolute Gasteiger partial charge is 0.255 e. The van der Waals surface area contributed by atoms with Gasteiger partial charge in [0.25, 0.3) is 5.91 Å². The van der Waals surface area contributed by atoms with E-state index in [1.165, 1.54) is 0 Å². The molecule has 6 nitrogen and oxygen atoms in total. The lowest BCUT2D eigenvalue weighted by Crippen LogP contribution is -2.22. The van der Waals surface area contributed by atoms with Crippen molar-refractivity contribution in [2.75, 3.05) is 42.3 Å². The SMILES string of the molecule is CN(C)c1cccc(C(=O)Nc2cc(C(N)=O)ccc2N2CCCC2)c1. The highest BCUT2D eigenvalue weighted by Gasteiger charge is 2.19. The molecule has 3 rings (SSSR count). The van der Waals surface area contributed by atoms with Gasteiger partial charge in [-0.15, -0.1) is 0 Å². The van der Waals surface area contributed by atoms with Crippen molar-refractivity contribution in [1.82, 2.24) is 0 Å². The van der Waals surface area contributed by atoms with Crippen LogP contribution in [0.3, 0.4) is 0 Å². The first kappa shape index (κ1) is 17.8. The standard InChI is InChI=1S/C20H24N4O2/c1-23(2)16-7-5-6-15(12-16)20(26)22-17-13-14(19(21)25)8-9-18(17)24-10-3-4-11-24/h5-9,12-13H,3-4,10-11H2,1-2H3,(H2,21,25)(H,22,26). The van der Waals surface area contributed by atoms with Crippen molar-refractivity contribution in [3.8, 4) is 0 Å². The van der Waals surface area contributed by atoms with Crippen LogP contribution in [0.4, 0.5) is 17.1 Å². The van der Waals surface area contributed by atoms with Crippen LogP contribution in [-0.4, -0.2) is 39.0 Å². The van der Waals surface area contributed by atoms with Gasteiger partial charge >= 0.3 is 0 Å². The van der Waals surface area contributed by atoms with Gasteiger partial charge in [0.2, 0.25) is 5.91 Å². The number of hydrogen-bond acceptors (Lipinski definition) is 4. The van der Waals surface area contributed by atoms with Gasteiger partial charge in [-0.2, -0.15) is 0 Å². The van der Waals surface area contributed by atoms with E-state index >= 15 is 0 Å². The molecule has 1 fully saturated rings. The van der Waals surface area contributed by atoms with E-state index < -0.39 is 5.91 Å².